The molecule has 1 atom stereocenters. The molecule has 0 aromatic rings. The number of rotatable bonds is 4. The standard InChI is InChI=1S/C10H17N.C2H4O2/c1-3-5-7-11-8-6-10(4-2)9-11;1-2(3)4/h6,8-9H,3-5,7H2,1-2H3;1H3,(H,3,4). The van der Waals surface area contributed by atoms with Gasteiger partial charge in [0.05, 0.1) is 12.7 Å². The van der Waals surface area contributed by atoms with Crippen LogP contribution in [0.3, 0.4) is 0 Å². The summed E-state index contributed by atoms with van der Waals surface area (Å²) >= 11 is 0. The van der Waals surface area contributed by atoms with E-state index < -0.39 is 5.97 Å². The fourth-order valence-corrected chi connectivity index (χ4v) is 1.30. The van der Waals surface area contributed by atoms with Crippen LogP contribution in [0, 0.1) is 0 Å². The van der Waals surface area contributed by atoms with Crippen LogP contribution in [0.25, 0.3) is 0 Å². The highest BCUT2D eigenvalue weighted by Crippen LogP contribution is 2.01. The molecule has 3 heteroatoms. The Hall–Kier alpha value is -1.09. The third-order valence-electron chi connectivity index (χ3n) is 2.11. The lowest BCUT2D eigenvalue weighted by Gasteiger charge is -2.04. The Morgan fingerprint density at radius 3 is 2.47 bits per heavy atom. The number of hydrogen-bond acceptors (Lipinski definition) is 2. The first-order chi connectivity index (χ1) is 7.10. The van der Waals surface area contributed by atoms with Gasteiger partial charge in [0.15, 0.2) is 0 Å². The second-order valence-electron chi connectivity index (χ2n) is 3.58. The quantitative estimate of drug-likeness (QED) is 0.724. The second kappa shape index (κ2) is 8.24. The Morgan fingerprint density at radius 1 is 1.47 bits per heavy atom. The van der Waals surface area contributed by atoms with Gasteiger partial charge in [-0.1, -0.05) is 20.3 Å². The normalized spacial score (nSPS) is 18.1. The molecule has 0 aromatic heterocycles. The number of carboxylic acid groups (broad SMARTS) is 1. The Bertz CT molecular complexity index is 240. The van der Waals surface area contributed by atoms with Crippen LogP contribution in [0.5, 0.6) is 0 Å². The zero-order valence-corrected chi connectivity index (χ0v) is 9.88. The molecule has 1 heterocycles. The number of carbonyl (C=O) groups excluding carboxylic acids is 1. The number of nitrogens with one attached hydrogen (secondary N) is 1. The van der Waals surface area contributed by atoms with Crippen LogP contribution in [0.4, 0.5) is 0 Å². The zero-order chi connectivity index (χ0) is 11.7. The monoisotopic (exact) mass is 211 g/mol. The van der Waals surface area contributed by atoms with Crippen molar-refractivity contribution in [2.75, 3.05) is 6.54 Å². The van der Waals surface area contributed by atoms with Gasteiger partial charge in [-0.25, -0.2) is 0 Å². The summed E-state index contributed by atoms with van der Waals surface area (Å²) in [6.07, 6.45) is 10.6. The lowest BCUT2D eigenvalue weighted by atomic mass is 10.2. The molecule has 1 aliphatic rings. The number of quaternary nitrogens is 1. The molecule has 86 valence electrons. The fourth-order valence-electron chi connectivity index (χ4n) is 1.30. The van der Waals surface area contributed by atoms with Gasteiger partial charge in [-0.15, -0.1) is 0 Å². The minimum Gasteiger partial charge on any atom is -0.550 e. The Kier molecular flexibility index (Phi) is 7.64. The van der Waals surface area contributed by atoms with E-state index in [1.54, 1.807) is 0 Å². The van der Waals surface area contributed by atoms with E-state index in [1.165, 1.54) is 36.3 Å². The lowest BCUT2D eigenvalue weighted by molar-refractivity contribution is -0.788. The molecule has 0 aromatic carbocycles. The van der Waals surface area contributed by atoms with Crippen LogP contribution in [0.15, 0.2) is 24.0 Å². The summed E-state index contributed by atoms with van der Waals surface area (Å²) in [5.74, 6) is -1.08. The largest absolute Gasteiger partial charge is 0.550 e. The average molecular weight is 211 g/mol. The Balaban J connectivity index is 0.000000423. The number of hydrogen-bond donors (Lipinski definition) is 1. The van der Waals surface area contributed by atoms with Crippen molar-refractivity contribution in [3.63, 3.8) is 0 Å². The highest BCUT2D eigenvalue weighted by Gasteiger charge is 2.07. The molecule has 3 nitrogen and oxygen atoms in total. The molecule has 1 N–H and O–H groups in total. The summed E-state index contributed by atoms with van der Waals surface area (Å²) in [5, 5.41) is 8.89. The molecule has 0 aliphatic carbocycles. The van der Waals surface area contributed by atoms with Gasteiger partial charge in [-0.3, -0.25) is 4.90 Å². The Morgan fingerprint density at radius 2 is 2.07 bits per heavy atom. The highest BCUT2D eigenvalue weighted by atomic mass is 16.4. The molecule has 0 bridgehead atoms. The molecule has 0 saturated carbocycles. The second-order valence-corrected chi connectivity index (χ2v) is 3.58. The number of aliphatic carboxylic acids is 1. The van der Waals surface area contributed by atoms with E-state index in [9.17, 15) is 0 Å². The van der Waals surface area contributed by atoms with Gasteiger partial charge < -0.3 is 9.90 Å². The van der Waals surface area contributed by atoms with E-state index in [0.29, 0.717) is 0 Å². The van der Waals surface area contributed by atoms with E-state index in [2.05, 4.69) is 32.3 Å². The van der Waals surface area contributed by atoms with Crippen molar-refractivity contribution in [2.24, 2.45) is 0 Å². The number of unbranched alkanes of at least 4 members (excludes halogenated alkanes) is 1. The smallest absolute Gasteiger partial charge is 0.102 e. The first-order valence-electron chi connectivity index (χ1n) is 5.52. The summed E-state index contributed by atoms with van der Waals surface area (Å²) in [4.78, 5) is 10.4. The van der Waals surface area contributed by atoms with E-state index in [4.69, 9.17) is 9.90 Å². The maximum absolute atomic E-state index is 8.89. The third kappa shape index (κ3) is 7.94. The van der Waals surface area contributed by atoms with Crippen LogP contribution >= 0.6 is 0 Å². The lowest BCUT2D eigenvalue weighted by Crippen LogP contribution is -3.01. The van der Waals surface area contributed by atoms with Crippen molar-refractivity contribution >= 4 is 5.97 Å². The van der Waals surface area contributed by atoms with Crippen molar-refractivity contribution in [3.8, 4) is 0 Å². The first-order valence-corrected chi connectivity index (χ1v) is 5.52. The van der Waals surface area contributed by atoms with Gasteiger partial charge in [-0.05, 0) is 19.8 Å². The van der Waals surface area contributed by atoms with Crippen molar-refractivity contribution in [3.05, 3.63) is 24.0 Å². The van der Waals surface area contributed by atoms with E-state index in [1.807, 2.05) is 0 Å². The van der Waals surface area contributed by atoms with Crippen LogP contribution in [0.2, 0.25) is 0 Å². The van der Waals surface area contributed by atoms with E-state index in [0.717, 1.165) is 6.92 Å². The minimum absolute atomic E-state index is 0.972. The first kappa shape index (κ1) is 13.9. The summed E-state index contributed by atoms with van der Waals surface area (Å²) < 4.78 is 0. The van der Waals surface area contributed by atoms with Crippen LogP contribution in [0.1, 0.15) is 40.0 Å². The maximum Gasteiger partial charge on any atom is 0.102 e. The molecule has 0 radical (unpaired) electrons. The minimum atomic E-state index is -1.08. The van der Waals surface area contributed by atoms with Gasteiger partial charge in [-0.2, -0.15) is 0 Å². The predicted octanol–water partition coefficient (Wildman–Crippen LogP) is 0.249. The maximum atomic E-state index is 8.89. The molecule has 0 amide bonds. The summed E-state index contributed by atoms with van der Waals surface area (Å²) in [7, 11) is 0. The van der Waals surface area contributed by atoms with Crippen LogP contribution < -0.4 is 10.0 Å². The third-order valence-corrected chi connectivity index (χ3v) is 2.11. The average Bonchev–Trinajstić information content (AvgIpc) is 2.61. The van der Waals surface area contributed by atoms with Crippen molar-refractivity contribution < 1.29 is 14.8 Å². The van der Waals surface area contributed by atoms with Crippen molar-refractivity contribution in [1.82, 2.24) is 0 Å². The van der Waals surface area contributed by atoms with E-state index in [-0.39, 0.29) is 0 Å². The predicted molar refractivity (Wildman–Crippen MR) is 58.9 cm³/mol. The van der Waals surface area contributed by atoms with Crippen LogP contribution in [-0.4, -0.2) is 12.5 Å². The van der Waals surface area contributed by atoms with Gasteiger partial charge in [0.1, 0.15) is 6.20 Å². The van der Waals surface area contributed by atoms with Gasteiger partial charge in [0, 0.05) is 17.6 Å². The molecule has 1 unspecified atom stereocenters. The fraction of sp³-hybridized carbons (Fsp3) is 0.583. The highest BCUT2D eigenvalue weighted by molar-refractivity contribution is 5.60. The molecule has 0 spiro atoms. The topological polar surface area (TPSA) is 44.6 Å². The molecule has 15 heavy (non-hydrogen) atoms. The zero-order valence-electron chi connectivity index (χ0n) is 9.88. The molecular weight excluding hydrogens is 190 g/mol. The molecule has 0 saturated heterocycles. The summed E-state index contributed by atoms with van der Waals surface area (Å²) in [6.45, 7) is 6.68. The van der Waals surface area contributed by atoms with Crippen molar-refractivity contribution in [1.29, 1.82) is 0 Å². The van der Waals surface area contributed by atoms with Crippen molar-refractivity contribution in [2.45, 2.75) is 40.0 Å². The number of carboxylic acids is 1. The van der Waals surface area contributed by atoms with E-state index >= 15 is 0 Å². The molecule has 1 aliphatic heterocycles. The van der Waals surface area contributed by atoms with Crippen LogP contribution in [-0.2, 0) is 4.79 Å². The van der Waals surface area contributed by atoms with Gasteiger partial charge in [0.25, 0.3) is 0 Å². The molecule has 1 rings (SSSR count). The van der Waals surface area contributed by atoms with Gasteiger partial charge >= 0.3 is 0 Å². The summed E-state index contributed by atoms with van der Waals surface area (Å²) in [6, 6.07) is 0. The Labute approximate surface area is 92.1 Å². The SMILES string of the molecule is CC(=O)[O-].CCCC[NH+]1C=CC(CC)=C1. The number of carbonyl (C=O) groups is 1. The number of allylic oxidation sites excluding steroid dienone is 2. The molecular formula is C12H21NO2. The summed E-state index contributed by atoms with van der Waals surface area (Å²) in [5.41, 5.74) is 1.48. The molecule has 0 fully saturated rings. The van der Waals surface area contributed by atoms with Gasteiger partial charge in [0.2, 0.25) is 0 Å².